The maximum absolute atomic E-state index is 13.8. The third kappa shape index (κ3) is 3.06. The van der Waals surface area contributed by atoms with Gasteiger partial charge in [-0.3, -0.25) is 0 Å². The lowest BCUT2D eigenvalue weighted by Crippen LogP contribution is -2.43. The van der Waals surface area contributed by atoms with E-state index in [2.05, 4.69) is 23.2 Å². The lowest BCUT2D eigenvalue weighted by molar-refractivity contribution is -0.248. The molecule has 1 atom stereocenters. The number of alkyl halides is 3. The molecule has 7 heteroatoms. The van der Waals surface area contributed by atoms with E-state index in [1.807, 2.05) is 0 Å². The fourth-order valence-corrected chi connectivity index (χ4v) is 2.88. The Hall–Kier alpha value is -3.19. The molecule has 0 fully saturated rings. The van der Waals surface area contributed by atoms with E-state index in [0.29, 0.717) is 16.7 Å². The molecule has 3 aromatic rings. The summed E-state index contributed by atoms with van der Waals surface area (Å²) in [6.45, 7) is 6.79. The summed E-state index contributed by atoms with van der Waals surface area (Å²) in [7, 11) is 0. The van der Waals surface area contributed by atoms with Gasteiger partial charge in [0, 0.05) is 11.6 Å². The summed E-state index contributed by atoms with van der Waals surface area (Å²) in [6, 6.07) is 9.21. The van der Waals surface area contributed by atoms with Crippen LogP contribution < -0.4 is 0 Å². The first-order chi connectivity index (χ1) is 12.8. The lowest BCUT2D eigenvalue weighted by atomic mass is 9.84. The average Bonchev–Trinajstić information content (AvgIpc) is 3.08. The van der Waals surface area contributed by atoms with Crippen molar-refractivity contribution < 1.29 is 18.3 Å². The zero-order valence-corrected chi connectivity index (χ0v) is 14.2. The standard InChI is InChI=1S/C20H16F3N3O/c1-3-7-15(4-2)19(27,20(21,22)23)16-9-10-17-14(12-16)13-25-26(17)18-8-5-6-11-24-18/h3-13,27H,1-2H2/b15-7+. The monoisotopic (exact) mass is 371 g/mol. The molecule has 0 aliphatic carbocycles. The van der Waals surface area contributed by atoms with Gasteiger partial charge >= 0.3 is 6.18 Å². The van der Waals surface area contributed by atoms with Crippen LogP contribution in [0.25, 0.3) is 16.7 Å². The minimum Gasteiger partial charge on any atom is -0.372 e. The topological polar surface area (TPSA) is 50.9 Å². The van der Waals surface area contributed by atoms with Crippen LogP contribution in [0.2, 0.25) is 0 Å². The minimum atomic E-state index is -4.96. The maximum atomic E-state index is 13.8. The van der Waals surface area contributed by atoms with Crippen LogP contribution in [-0.4, -0.2) is 26.0 Å². The summed E-state index contributed by atoms with van der Waals surface area (Å²) in [4.78, 5) is 4.19. The highest BCUT2D eigenvalue weighted by Gasteiger charge is 2.56. The number of fused-ring (bicyclic) bond motifs is 1. The van der Waals surface area contributed by atoms with Crippen LogP contribution in [-0.2, 0) is 5.60 Å². The van der Waals surface area contributed by atoms with Crippen molar-refractivity contribution in [3.63, 3.8) is 0 Å². The van der Waals surface area contributed by atoms with Crippen molar-refractivity contribution in [3.05, 3.63) is 91.3 Å². The summed E-state index contributed by atoms with van der Waals surface area (Å²) in [5, 5.41) is 15.3. The first-order valence-corrected chi connectivity index (χ1v) is 7.97. The number of aromatic nitrogens is 3. The maximum Gasteiger partial charge on any atom is 0.425 e. The molecule has 0 saturated heterocycles. The Morgan fingerprint density at radius 2 is 1.93 bits per heavy atom. The number of aliphatic hydroxyl groups is 1. The van der Waals surface area contributed by atoms with Crippen molar-refractivity contribution >= 4 is 10.9 Å². The molecule has 0 aliphatic rings. The first-order valence-electron chi connectivity index (χ1n) is 7.97. The van der Waals surface area contributed by atoms with Gasteiger partial charge in [-0.1, -0.05) is 43.5 Å². The average molecular weight is 371 g/mol. The summed E-state index contributed by atoms with van der Waals surface area (Å²) < 4.78 is 43.0. The Bertz CT molecular complexity index is 1020. The van der Waals surface area contributed by atoms with Crippen LogP contribution in [0.4, 0.5) is 13.2 Å². The van der Waals surface area contributed by atoms with Gasteiger partial charge in [0.25, 0.3) is 0 Å². The molecule has 27 heavy (non-hydrogen) atoms. The van der Waals surface area contributed by atoms with Crippen LogP contribution in [0.5, 0.6) is 0 Å². The number of benzene rings is 1. The SMILES string of the molecule is C=C/C=C(\C=C)C(O)(c1ccc2c(cnn2-c2ccccn2)c1)C(F)(F)F. The molecule has 0 saturated carbocycles. The summed E-state index contributed by atoms with van der Waals surface area (Å²) >= 11 is 0. The molecule has 0 spiro atoms. The fraction of sp³-hybridized carbons (Fsp3) is 0.100. The molecule has 0 amide bonds. The highest BCUT2D eigenvalue weighted by Crippen LogP contribution is 2.45. The van der Waals surface area contributed by atoms with Crippen molar-refractivity contribution in [2.45, 2.75) is 11.8 Å². The minimum absolute atomic E-state index is 0.337. The Morgan fingerprint density at radius 3 is 2.52 bits per heavy atom. The van der Waals surface area contributed by atoms with Crippen molar-refractivity contribution in [2.24, 2.45) is 0 Å². The number of nitrogens with zero attached hydrogens (tertiary/aromatic N) is 3. The quantitative estimate of drug-likeness (QED) is 0.674. The molecule has 2 aromatic heterocycles. The van der Waals surface area contributed by atoms with Gasteiger partial charge in [0.05, 0.1) is 11.7 Å². The zero-order chi connectivity index (χ0) is 19.7. The molecule has 0 aliphatic heterocycles. The molecule has 3 rings (SSSR count). The molecule has 2 heterocycles. The number of hydrogen-bond donors (Lipinski definition) is 1. The molecular formula is C20H16F3N3O. The van der Waals surface area contributed by atoms with Crippen LogP contribution in [0.3, 0.4) is 0 Å². The van der Waals surface area contributed by atoms with Gasteiger partial charge in [0.2, 0.25) is 5.60 Å². The fourth-order valence-electron chi connectivity index (χ4n) is 2.88. The van der Waals surface area contributed by atoms with E-state index < -0.39 is 17.4 Å². The molecule has 1 N–H and O–H groups in total. The normalized spacial score (nSPS) is 14.7. The van der Waals surface area contributed by atoms with Gasteiger partial charge in [-0.15, -0.1) is 0 Å². The van der Waals surface area contributed by atoms with E-state index in [1.165, 1.54) is 35.2 Å². The molecule has 1 unspecified atom stereocenters. The van der Waals surface area contributed by atoms with Crippen LogP contribution in [0.1, 0.15) is 5.56 Å². The van der Waals surface area contributed by atoms with Crippen LogP contribution in [0.15, 0.2) is 85.8 Å². The number of hydrogen-bond acceptors (Lipinski definition) is 3. The number of allylic oxidation sites excluding steroid dienone is 2. The van der Waals surface area contributed by atoms with E-state index in [-0.39, 0.29) is 5.56 Å². The van der Waals surface area contributed by atoms with Crippen LogP contribution >= 0.6 is 0 Å². The van der Waals surface area contributed by atoms with Crippen molar-refractivity contribution in [2.75, 3.05) is 0 Å². The number of rotatable bonds is 5. The van der Waals surface area contributed by atoms with E-state index >= 15 is 0 Å². The van der Waals surface area contributed by atoms with E-state index in [1.54, 1.807) is 24.4 Å². The summed E-state index contributed by atoms with van der Waals surface area (Å²) in [5.74, 6) is 0.532. The molecule has 4 nitrogen and oxygen atoms in total. The van der Waals surface area contributed by atoms with E-state index in [9.17, 15) is 18.3 Å². The highest BCUT2D eigenvalue weighted by atomic mass is 19.4. The van der Waals surface area contributed by atoms with Gasteiger partial charge in [0.15, 0.2) is 5.82 Å². The van der Waals surface area contributed by atoms with Gasteiger partial charge in [-0.05, 0) is 35.4 Å². The first kappa shape index (κ1) is 18.6. The highest BCUT2D eigenvalue weighted by molar-refractivity contribution is 5.81. The van der Waals surface area contributed by atoms with Crippen LogP contribution in [0, 0.1) is 0 Å². The smallest absolute Gasteiger partial charge is 0.372 e. The van der Waals surface area contributed by atoms with Crippen molar-refractivity contribution in [1.29, 1.82) is 0 Å². The molecular weight excluding hydrogens is 355 g/mol. The second kappa shape index (κ2) is 6.85. The van der Waals surface area contributed by atoms with Crippen molar-refractivity contribution in [1.82, 2.24) is 14.8 Å². The van der Waals surface area contributed by atoms with E-state index in [4.69, 9.17) is 0 Å². The molecule has 138 valence electrons. The molecule has 1 aromatic carbocycles. The largest absolute Gasteiger partial charge is 0.425 e. The second-order valence-corrected chi connectivity index (χ2v) is 5.79. The third-order valence-electron chi connectivity index (χ3n) is 4.20. The molecule has 0 bridgehead atoms. The lowest BCUT2D eigenvalue weighted by Gasteiger charge is -2.32. The van der Waals surface area contributed by atoms with Crippen molar-refractivity contribution in [3.8, 4) is 5.82 Å². The molecule has 0 radical (unpaired) electrons. The zero-order valence-electron chi connectivity index (χ0n) is 14.2. The predicted molar refractivity (Wildman–Crippen MR) is 97.3 cm³/mol. The Kier molecular flexibility index (Phi) is 4.72. The van der Waals surface area contributed by atoms with Gasteiger partial charge in [-0.25, -0.2) is 9.67 Å². The van der Waals surface area contributed by atoms with E-state index in [0.717, 1.165) is 12.2 Å². The third-order valence-corrected chi connectivity index (χ3v) is 4.20. The summed E-state index contributed by atoms with van der Waals surface area (Å²) in [5.41, 5.74) is -3.41. The van der Waals surface area contributed by atoms with Gasteiger partial charge in [0.1, 0.15) is 0 Å². The summed E-state index contributed by atoms with van der Waals surface area (Å²) in [6.07, 6.45) is 1.29. The second-order valence-electron chi connectivity index (χ2n) is 5.79. The Labute approximate surface area is 153 Å². The Balaban J connectivity index is 2.20. The predicted octanol–water partition coefficient (Wildman–Crippen LogP) is 4.47. The Morgan fingerprint density at radius 1 is 1.15 bits per heavy atom. The van der Waals surface area contributed by atoms with Gasteiger partial charge in [-0.2, -0.15) is 18.3 Å². The number of halogens is 3. The number of pyridine rings is 1. The van der Waals surface area contributed by atoms with Gasteiger partial charge < -0.3 is 5.11 Å².